The normalized spacial score (nSPS) is 11.1. The van der Waals surface area contributed by atoms with Gasteiger partial charge < -0.3 is 9.15 Å². The molecule has 0 bridgehead atoms. The fraction of sp³-hybridized carbons (Fsp3) is 0.0833. The molecule has 3 aromatic carbocycles. The number of amides is 1. The first-order valence-electron chi connectivity index (χ1n) is 9.64. The van der Waals surface area contributed by atoms with Crippen LogP contribution in [0, 0.1) is 0 Å². The van der Waals surface area contributed by atoms with Crippen molar-refractivity contribution in [1.29, 1.82) is 0 Å². The van der Waals surface area contributed by atoms with Gasteiger partial charge in [-0.15, -0.1) is 0 Å². The Kier molecular flexibility index (Phi) is 4.69. The van der Waals surface area contributed by atoms with Gasteiger partial charge in [-0.2, -0.15) is 0 Å². The van der Waals surface area contributed by atoms with Crippen LogP contribution in [0.1, 0.15) is 17.3 Å². The Morgan fingerprint density at radius 3 is 2.67 bits per heavy atom. The molecule has 5 nitrogen and oxygen atoms in total. The first-order valence-corrected chi connectivity index (χ1v) is 10.5. The third-order valence-electron chi connectivity index (χ3n) is 4.75. The highest BCUT2D eigenvalue weighted by Crippen LogP contribution is 2.36. The van der Waals surface area contributed by atoms with Crippen LogP contribution in [0.15, 0.2) is 77.2 Å². The number of ether oxygens (including phenoxy) is 1. The van der Waals surface area contributed by atoms with Gasteiger partial charge in [0.2, 0.25) is 0 Å². The van der Waals surface area contributed by atoms with Crippen molar-refractivity contribution in [3.8, 4) is 17.1 Å². The van der Waals surface area contributed by atoms with Crippen LogP contribution in [0.5, 0.6) is 5.75 Å². The molecule has 1 N–H and O–H groups in total. The van der Waals surface area contributed by atoms with E-state index < -0.39 is 0 Å². The monoisotopic (exact) mass is 414 g/mol. The molecule has 2 aromatic heterocycles. The maximum Gasteiger partial charge on any atom is 0.262 e. The van der Waals surface area contributed by atoms with Crippen LogP contribution < -0.4 is 10.1 Å². The Bertz CT molecular complexity index is 1320. The maximum absolute atomic E-state index is 13.4. The number of hydrogen-bond acceptors (Lipinski definition) is 5. The predicted octanol–water partition coefficient (Wildman–Crippen LogP) is 6.36. The number of furan rings is 1. The molecule has 0 unspecified atom stereocenters. The first kappa shape index (κ1) is 18.4. The number of benzene rings is 3. The fourth-order valence-electron chi connectivity index (χ4n) is 3.44. The number of anilines is 1. The van der Waals surface area contributed by atoms with Crippen molar-refractivity contribution in [2.24, 2.45) is 0 Å². The third-order valence-corrected chi connectivity index (χ3v) is 5.70. The van der Waals surface area contributed by atoms with Crippen LogP contribution in [0.4, 0.5) is 5.13 Å². The molecular formula is C24H18N2O3S. The number of nitrogens with one attached hydrogen (secondary N) is 1. The lowest BCUT2D eigenvalue weighted by atomic mass is 10.0. The standard InChI is InChI=1S/C24H18N2O3S/c1-2-28-16-12-13-19-17(14-16)21(22(29-19)15-8-4-3-5-9-15)23(27)26-24-25-18-10-6-7-11-20(18)30-24/h3-14H,2H2,1H3,(H,25,26,27). The Hall–Kier alpha value is -3.64. The van der Waals surface area contributed by atoms with Crippen molar-refractivity contribution in [2.45, 2.75) is 6.92 Å². The van der Waals surface area contributed by atoms with Gasteiger partial charge in [-0.3, -0.25) is 10.1 Å². The van der Waals surface area contributed by atoms with Gasteiger partial charge in [0, 0.05) is 10.9 Å². The van der Waals surface area contributed by atoms with Crippen molar-refractivity contribution in [3.63, 3.8) is 0 Å². The van der Waals surface area contributed by atoms with E-state index in [0.29, 0.717) is 39.8 Å². The summed E-state index contributed by atoms with van der Waals surface area (Å²) in [5.41, 5.74) is 2.79. The van der Waals surface area contributed by atoms with Crippen molar-refractivity contribution < 1.29 is 13.9 Å². The Morgan fingerprint density at radius 1 is 1.07 bits per heavy atom. The number of carbonyl (C=O) groups excluding carboxylic acids is 1. The molecule has 0 aliphatic carbocycles. The van der Waals surface area contributed by atoms with E-state index >= 15 is 0 Å². The first-order chi connectivity index (χ1) is 14.7. The zero-order valence-corrected chi connectivity index (χ0v) is 17.0. The van der Waals surface area contributed by atoms with Crippen LogP contribution in [-0.2, 0) is 0 Å². The van der Waals surface area contributed by atoms with Gasteiger partial charge in [-0.25, -0.2) is 4.98 Å². The summed E-state index contributed by atoms with van der Waals surface area (Å²) >= 11 is 1.44. The highest BCUT2D eigenvalue weighted by atomic mass is 32.1. The second-order valence-electron chi connectivity index (χ2n) is 6.70. The molecular weight excluding hydrogens is 396 g/mol. The molecule has 1 amide bonds. The second kappa shape index (κ2) is 7.65. The highest BCUT2D eigenvalue weighted by Gasteiger charge is 2.23. The lowest BCUT2D eigenvalue weighted by Gasteiger charge is -2.05. The quantitative estimate of drug-likeness (QED) is 0.363. The van der Waals surface area contributed by atoms with Gasteiger partial charge >= 0.3 is 0 Å². The van der Waals surface area contributed by atoms with Crippen molar-refractivity contribution in [3.05, 3.63) is 78.4 Å². The summed E-state index contributed by atoms with van der Waals surface area (Å²) in [6, 6.07) is 23.0. The van der Waals surface area contributed by atoms with E-state index in [-0.39, 0.29) is 5.91 Å². The maximum atomic E-state index is 13.4. The Balaban J connectivity index is 1.62. The number of nitrogens with zero attached hydrogens (tertiary/aromatic N) is 1. The summed E-state index contributed by atoms with van der Waals surface area (Å²) in [6.07, 6.45) is 0. The topological polar surface area (TPSA) is 64.4 Å². The van der Waals surface area contributed by atoms with Crippen molar-refractivity contribution in [1.82, 2.24) is 4.98 Å². The largest absolute Gasteiger partial charge is 0.494 e. The summed E-state index contributed by atoms with van der Waals surface area (Å²) in [6.45, 7) is 2.47. The van der Waals surface area contributed by atoms with E-state index in [0.717, 1.165) is 15.8 Å². The molecule has 2 heterocycles. The van der Waals surface area contributed by atoms with Crippen LogP contribution in [0.2, 0.25) is 0 Å². The summed E-state index contributed by atoms with van der Waals surface area (Å²) < 4.78 is 12.8. The number of carbonyl (C=O) groups is 1. The van der Waals surface area contributed by atoms with Gasteiger partial charge in [0.25, 0.3) is 5.91 Å². The molecule has 148 valence electrons. The van der Waals surface area contributed by atoms with Crippen LogP contribution in [0.25, 0.3) is 32.5 Å². The molecule has 0 aliphatic rings. The molecule has 0 spiro atoms. The minimum absolute atomic E-state index is 0.264. The Morgan fingerprint density at radius 2 is 1.87 bits per heavy atom. The zero-order valence-electron chi connectivity index (χ0n) is 16.2. The summed E-state index contributed by atoms with van der Waals surface area (Å²) in [7, 11) is 0. The zero-order chi connectivity index (χ0) is 20.5. The van der Waals surface area contributed by atoms with Crippen LogP contribution in [0.3, 0.4) is 0 Å². The van der Waals surface area contributed by atoms with Crippen molar-refractivity contribution >= 4 is 43.6 Å². The SMILES string of the molecule is CCOc1ccc2oc(-c3ccccc3)c(C(=O)Nc3nc4ccccc4s3)c2c1. The minimum Gasteiger partial charge on any atom is -0.494 e. The number of para-hydroxylation sites is 1. The summed E-state index contributed by atoms with van der Waals surface area (Å²) in [5, 5.41) is 4.21. The molecule has 0 saturated heterocycles. The molecule has 6 heteroatoms. The number of fused-ring (bicyclic) bond motifs is 2. The molecule has 0 aliphatic heterocycles. The average Bonchev–Trinajstić information content (AvgIpc) is 3.35. The van der Waals surface area contributed by atoms with Gasteiger partial charge in [0.05, 0.1) is 22.4 Å². The van der Waals surface area contributed by atoms with Gasteiger partial charge in [-0.1, -0.05) is 53.8 Å². The molecule has 5 rings (SSSR count). The number of thiazole rings is 1. The van der Waals surface area contributed by atoms with Gasteiger partial charge in [-0.05, 0) is 37.3 Å². The van der Waals surface area contributed by atoms with E-state index in [1.165, 1.54) is 11.3 Å². The Labute approximate surface area is 176 Å². The average molecular weight is 414 g/mol. The third kappa shape index (κ3) is 3.31. The lowest BCUT2D eigenvalue weighted by molar-refractivity contribution is 0.102. The number of aromatic nitrogens is 1. The highest BCUT2D eigenvalue weighted by molar-refractivity contribution is 7.22. The molecule has 30 heavy (non-hydrogen) atoms. The molecule has 0 atom stereocenters. The predicted molar refractivity (Wildman–Crippen MR) is 120 cm³/mol. The number of rotatable bonds is 5. The summed E-state index contributed by atoms with van der Waals surface area (Å²) in [4.78, 5) is 17.9. The molecule has 5 aromatic rings. The van der Waals surface area contributed by atoms with E-state index in [1.54, 1.807) is 0 Å². The van der Waals surface area contributed by atoms with Gasteiger partial charge in [0.15, 0.2) is 5.13 Å². The smallest absolute Gasteiger partial charge is 0.262 e. The second-order valence-corrected chi connectivity index (χ2v) is 7.73. The van der Waals surface area contributed by atoms with Crippen LogP contribution in [-0.4, -0.2) is 17.5 Å². The van der Waals surface area contributed by atoms with E-state index in [4.69, 9.17) is 9.15 Å². The lowest BCUT2D eigenvalue weighted by Crippen LogP contribution is -2.12. The van der Waals surface area contributed by atoms with Crippen LogP contribution >= 0.6 is 11.3 Å². The minimum atomic E-state index is -0.264. The summed E-state index contributed by atoms with van der Waals surface area (Å²) in [5.74, 6) is 0.956. The van der Waals surface area contributed by atoms with E-state index in [1.807, 2.05) is 79.7 Å². The fourth-order valence-corrected chi connectivity index (χ4v) is 4.30. The molecule has 0 saturated carbocycles. The molecule has 0 radical (unpaired) electrons. The van der Waals surface area contributed by atoms with E-state index in [9.17, 15) is 4.79 Å². The van der Waals surface area contributed by atoms with E-state index in [2.05, 4.69) is 10.3 Å². The van der Waals surface area contributed by atoms with Gasteiger partial charge in [0.1, 0.15) is 17.1 Å². The molecule has 0 fully saturated rings. The number of hydrogen-bond donors (Lipinski definition) is 1. The van der Waals surface area contributed by atoms with Crippen molar-refractivity contribution in [2.75, 3.05) is 11.9 Å².